The van der Waals surface area contributed by atoms with Crippen LogP contribution in [-0.4, -0.2) is 44.1 Å². The fourth-order valence-electron chi connectivity index (χ4n) is 5.82. The molecule has 1 saturated carbocycles. The monoisotopic (exact) mass is 662 g/mol. The zero-order chi connectivity index (χ0) is 34.0. The van der Waals surface area contributed by atoms with Gasteiger partial charge in [-0.15, -0.1) is 0 Å². The summed E-state index contributed by atoms with van der Waals surface area (Å²) in [5, 5.41) is 10.5. The van der Waals surface area contributed by atoms with Crippen LogP contribution in [0.2, 0.25) is 0 Å². The third-order valence-electron chi connectivity index (χ3n) is 8.17. The normalized spacial score (nSPS) is 22.9. The fraction of sp³-hybridized carbons (Fsp3) is 0.395. The van der Waals surface area contributed by atoms with Crippen LogP contribution < -0.4 is 4.74 Å². The van der Waals surface area contributed by atoms with E-state index in [0.29, 0.717) is 17.4 Å². The van der Waals surface area contributed by atoms with Crippen molar-refractivity contribution in [1.29, 1.82) is 0 Å². The summed E-state index contributed by atoms with van der Waals surface area (Å²) in [5.74, 6) is 0.515. The van der Waals surface area contributed by atoms with Gasteiger partial charge in [-0.25, -0.2) is 4.79 Å². The Morgan fingerprint density at radius 1 is 1.04 bits per heavy atom. The maximum atomic E-state index is 12.5. The standard InChI is InChI=1S/C38H46O8S/c1-6-7-8-9-10-30-23-28(3)13-21-35(30)36(22-18-33-25-37(40)46-38(4,5)45-33)44-32-16-14-29(15-17-32)24-31(39)26-43-47(41,42)34-19-11-27(2)12-20-34/h6-12,14-20,22,25,28,30-31,35-36,39H,1,13,21,23-24,26H2,2-5H3/b8-7+,10-9+,22-18+/t28-,30-,31-,35-,36-/m1/s1. The number of carbonyl (C=O) groups is 1. The van der Waals surface area contributed by atoms with Crippen molar-refractivity contribution in [3.05, 3.63) is 121 Å². The summed E-state index contributed by atoms with van der Waals surface area (Å²) in [6.45, 7) is 10.9. The molecule has 2 aromatic rings. The molecule has 47 heavy (non-hydrogen) atoms. The van der Waals surface area contributed by atoms with E-state index < -0.39 is 28.0 Å². The lowest BCUT2D eigenvalue weighted by Gasteiger charge is -2.37. The van der Waals surface area contributed by atoms with Gasteiger partial charge >= 0.3 is 5.97 Å². The van der Waals surface area contributed by atoms with Crippen LogP contribution in [0.3, 0.4) is 0 Å². The molecule has 1 heterocycles. The highest BCUT2D eigenvalue weighted by Gasteiger charge is 2.34. The summed E-state index contributed by atoms with van der Waals surface area (Å²) in [6.07, 6.45) is 16.9. The molecular formula is C38H46O8S. The van der Waals surface area contributed by atoms with E-state index in [1.165, 1.54) is 18.2 Å². The molecule has 0 amide bonds. The molecule has 8 nitrogen and oxygen atoms in total. The lowest BCUT2D eigenvalue weighted by molar-refractivity contribution is -0.203. The smallest absolute Gasteiger partial charge is 0.337 e. The number of hydrogen-bond acceptors (Lipinski definition) is 8. The summed E-state index contributed by atoms with van der Waals surface area (Å²) >= 11 is 0. The van der Waals surface area contributed by atoms with Gasteiger partial charge in [-0.05, 0) is 73.6 Å². The number of aryl methyl sites for hydroxylation is 1. The van der Waals surface area contributed by atoms with Gasteiger partial charge in [-0.2, -0.15) is 8.42 Å². The van der Waals surface area contributed by atoms with E-state index in [0.717, 1.165) is 30.4 Å². The average molecular weight is 663 g/mol. The Hall–Kier alpha value is -3.92. The van der Waals surface area contributed by atoms with Crippen molar-refractivity contribution in [3.63, 3.8) is 0 Å². The molecule has 252 valence electrons. The predicted molar refractivity (Wildman–Crippen MR) is 182 cm³/mol. The number of aliphatic hydroxyl groups excluding tert-OH is 1. The molecule has 1 aliphatic carbocycles. The minimum Gasteiger partial charge on any atom is -0.486 e. The van der Waals surface area contributed by atoms with Crippen molar-refractivity contribution < 1.29 is 36.7 Å². The number of esters is 1. The molecule has 1 N–H and O–H groups in total. The second-order valence-corrected chi connectivity index (χ2v) is 14.3. The zero-order valence-corrected chi connectivity index (χ0v) is 28.4. The minimum absolute atomic E-state index is 0.0498. The molecule has 0 aromatic heterocycles. The first-order valence-electron chi connectivity index (χ1n) is 16.0. The quantitative estimate of drug-likeness (QED) is 0.129. The van der Waals surface area contributed by atoms with Crippen molar-refractivity contribution in [3.8, 4) is 5.75 Å². The highest BCUT2D eigenvalue weighted by molar-refractivity contribution is 7.86. The lowest BCUT2D eigenvalue weighted by atomic mass is 9.72. The molecule has 2 aliphatic rings. The van der Waals surface area contributed by atoms with Crippen LogP contribution in [0, 0.1) is 24.7 Å². The van der Waals surface area contributed by atoms with Crippen molar-refractivity contribution in [2.45, 2.75) is 76.3 Å². The zero-order valence-electron chi connectivity index (χ0n) is 27.6. The molecule has 4 rings (SSSR count). The highest BCUT2D eigenvalue weighted by atomic mass is 32.2. The number of carbonyl (C=O) groups excluding carboxylic acids is 1. The molecule has 2 aromatic carbocycles. The summed E-state index contributed by atoms with van der Waals surface area (Å²) < 4.78 is 47.8. The Kier molecular flexibility index (Phi) is 12.4. The van der Waals surface area contributed by atoms with Crippen LogP contribution in [0.25, 0.3) is 0 Å². The SMILES string of the molecule is C=C/C=C/C=C/[C@@H]1C[C@H](C)CC[C@H]1[C@@H](/C=C/C1=CC(=O)OC(C)(C)O1)Oc1ccc(C[C@@H](O)COS(=O)(=O)c2ccc(C)cc2)cc1. The van der Waals surface area contributed by atoms with E-state index >= 15 is 0 Å². The van der Waals surface area contributed by atoms with Crippen molar-refractivity contribution in [2.75, 3.05) is 6.61 Å². The van der Waals surface area contributed by atoms with Gasteiger partial charge in [0, 0.05) is 26.2 Å². The van der Waals surface area contributed by atoms with Crippen molar-refractivity contribution in [2.24, 2.45) is 17.8 Å². The van der Waals surface area contributed by atoms with Crippen molar-refractivity contribution >= 4 is 16.1 Å². The number of rotatable bonds is 14. The first-order valence-corrected chi connectivity index (χ1v) is 17.4. The number of ether oxygens (including phenoxy) is 3. The molecule has 0 spiro atoms. The maximum absolute atomic E-state index is 12.5. The van der Waals surface area contributed by atoms with Gasteiger partial charge in [-0.3, -0.25) is 4.18 Å². The summed E-state index contributed by atoms with van der Waals surface area (Å²) in [6, 6.07) is 13.7. The van der Waals surface area contributed by atoms with E-state index in [1.54, 1.807) is 38.1 Å². The number of cyclic esters (lactones) is 1. The Morgan fingerprint density at radius 2 is 1.77 bits per heavy atom. The highest BCUT2D eigenvalue weighted by Crippen LogP contribution is 2.39. The van der Waals surface area contributed by atoms with Crippen LogP contribution >= 0.6 is 0 Å². The van der Waals surface area contributed by atoms with Gasteiger partial charge in [0.25, 0.3) is 10.1 Å². The van der Waals surface area contributed by atoms with Crippen LogP contribution in [0.15, 0.2) is 114 Å². The molecular weight excluding hydrogens is 616 g/mol. The largest absolute Gasteiger partial charge is 0.486 e. The van der Waals surface area contributed by atoms with Crippen LogP contribution in [0.1, 0.15) is 51.2 Å². The van der Waals surface area contributed by atoms with E-state index in [9.17, 15) is 18.3 Å². The molecule has 1 fully saturated rings. The van der Waals surface area contributed by atoms with Gasteiger partial charge in [0.05, 0.1) is 23.7 Å². The van der Waals surface area contributed by atoms with Gasteiger partial charge in [0.15, 0.2) is 0 Å². The Labute approximate surface area is 279 Å². The number of benzene rings is 2. The first kappa shape index (κ1) is 35.9. The summed E-state index contributed by atoms with van der Waals surface area (Å²) in [5.41, 5.74) is 1.74. The molecule has 0 bridgehead atoms. The number of aliphatic hydroxyl groups is 1. The van der Waals surface area contributed by atoms with Crippen LogP contribution in [0.4, 0.5) is 0 Å². The van der Waals surface area contributed by atoms with Gasteiger partial charge in [0.1, 0.15) is 17.6 Å². The van der Waals surface area contributed by atoms with Crippen LogP contribution in [-0.2, 0) is 35.0 Å². The molecule has 0 unspecified atom stereocenters. The average Bonchev–Trinajstić information content (AvgIpc) is 3.01. The van der Waals surface area contributed by atoms with E-state index in [1.807, 2.05) is 49.4 Å². The summed E-state index contributed by atoms with van der Waals surface area (Å²) in [4.78, 5) is 12.2. The lowest BCUT2D eigenvalue weighted by Crippen LogP contribution is -2.35. The number of hydrogen-bond donors (Lipinski definition) is 1. The predicted octanol–water partition coefficient (Wildman–Crippen LogP) is 7.15. The Morgan fingerprint density at radius 3 is 2.45 bits per heavy atom. The van der Waals surface area contributed by atoms with E-state index in [-0.39, 0.29) is 35.9 Å². The molecule has 0 radical (unpaired) electrons. The maximum Gasteiger partial charge on any atom is 0.337 e. The molecule has 9 heteroatoms. The van der Waals surface area contributed by atoms with Gasteiger partial charge < -0.3 is 19.3 Å². The van der Waals surface area contributed by atoms with Gasteiger partial charge in [-0.1, -0.05) is 80.1 Å². The summed E-state index contributed by atoms with van der Waals surface area (Å²) in [7, 11) is -3.97. The third kappa shape index (κ3) is 11.1. The van der Waals surface area contributed by atoms with E-state index in [4.69, 9.17) is 18.4 Å². The van der Waals surface area contributed by atoms with Crippen LogP contribution in [0.5, 0.6) is 5.75 Å². The third-order valence-corrected chi connectivity index (χ3v) is 9.46. The second kappa shape index (κ2) is 16.3. The second-order valence-electron chi connectivity index (χ2n) is 12.7. The molecule has 5 atom stereocenters. The van der Waals surface area contributed by atoms with E-state index in [2.05, 4.69) is 25.7 Å². The van der Waals surface area contributed by atoms with Crippen molar-refractivity contribution in [1.82, 2.24) is 0 Å². The molecule has 0 saturated heterocycles. The topological polar surface area (TPSA) is 108 Å². The molecule has 1 aliphatic heterocycles. The minimum atomic E-state index is -3.97. The number of allylic oxidation sites excluding steroid dienone is 6. The first-order chi connectivity index (χ1) is 22.3. The Balaban J connectivity index is 1.47. The fourth-order valence-corrected chi connectivity index (χ4v) is 6.77. The Bertz CT molecular complexity index is 1580. The van der Waals surface area contributed by atoms with Gasteiger partial charge in [0.2, 0.25) is 5.79 Å².